The van der Waals surface area contributed by atoms with Crippen molar-refractivity contribution in [2.45, 2.75) is 4.90 Å². The molecule has 0 spiro atoms. The summed E-state index contributed by atoms with van der Waals surface area (Å²) in [6.07, 6.45) is 0. The SMILES string of the molecule is O=S(=O)(Nc1cc(F)c(F)c(F)c1)c1ccccc1Cl. The second-order valence-electron chi connectivity index (χ2n) is 3.79. The molecular weight excluding hydrogens is 315 g/mol. The minimum absolute atomic E-state index is 0.0527. The van der Waals surface area contributed by atoms with E-state index in [0.29, 0.717) is 12.1 Å². The number of benzene rings is 2. The summed E-state index contributed by atoms with van der Waals surface area (Å²) in [5.41, 5.74) is -0.443. The molecule has 2 rings (SSSR count). The van der Waals surface area contributed by atoms with Gasteiger partial charge in [0.2, 0.25) is 0 Å². The smallest absolute Gasteiger partial charge is 0.263 e. The van der Waals surface area contributed by atoms with Gasteiger partial charge < -0.3 is 0 Å². The molecule has 0 bridgehead atoms. The van der Waals surface area contributed by atoms with Crippen molar-refractivity contribution in [2.75, 3.05) is 4.72 Å². The van der Waals surface area contributed by atoms with Gasteiger partial charge in [-0.1, -0.05) is 23.7 Å². The van der Waals surface area contributed by atoms with Crippen LogP contribution < -0.4 is 4.72 Å². The zero-order valence-corrected chi connectivity index (χ0v) is 11.3. The highest BCUT2D eigenvalue weighted by Crippen LogP contribution is 2.24. The van der Waals surface area contributed by atoms with Crippen LogP contribution in [0, 0.1) is 17.5 Å². The first-order valence-corrected chi connectivity index (χ1v) is 7.09. The van der Waals surface area contributed by atoms with E-state index in [0.717, 1.165) is 0 Å². The number of sulfonamides is 1. The molecule has 0 saturated heterocycles. The van der Waals surface area contributed by atoms with Gasteiger partial charge in [0, 0.05) is 12.1 Å². The van der Waals surface area contributed by atoms with Crippen LogP contribution in [-0.2, 0) is 10.0 Å². The first-order valence-electron chi connectivity index (χ1n) is 5.23. The van der Waals surface area contributed by atoms with Crippen LogP contribution in [0.4, 0.5) is 18.9 Å². The average molecular weight is 322 g/mol. The molecule has 20 heavy (non-hydrogen) atoms. The second-order valence-corrected chi connectivity index (χ2v) is 5.85. The molecule has 8 heteroatoms. The minimum Gasteiger partial charge on any atom is -0.279 e. The molecule has 0 radical (unpaired) electrons. The summed E-state index contributed by atoms with van der Waals surface area (Å²) in [4.78, 5) is -0.258. The van der Waals surface area contributed by atoms with Crippen LogP contribution in [0.5, 0.6) is 0 Å². The third-order valence-electron chi connectivity index (χ3n) is 2.36. The Kier molecular flexibility index (Phi) is 3.92. The summed E-state index contributed by atoms with van der Waals surface area (Å²) in [6, 6.07) is 6.60. The Bertz CT molecular complexity index is 742. The van der Waals surface area contributed by atoms with Crippen LogP contribution in [-0.4, -0.2) is 8.42 Å². The Balaban J connectivity index is 2.42. The Hall–Kier alpha value is -1.73. The lowest BCUT2D eigenvalue weighted by Gasteiger charge is -2.09. The van der Waals surface area contributed by atoms with Gasteiger partial charge in [-0.25, -0.2) is 21.6 Å². The minimum atomic E-state index is -4.13. The third-order valence-corrected chi connectivity index (χ3v) is 4.24. The molecular formula is C12H7ClF3NO2S. The van der Waals surface area contributed by atoms with E-state index < -0.39 is 33.2 Å². The number of rotatable bonds is 3. The van der Waals surface area contributed by atoms with Crippen LogP contribution in [0.1, 0.15) is 0 Å². The fourth-order valence-electron chi connectivity index (χ4n) is 1.49. The zero-order chi connectivity index (χ0) is 14.9. The maximum atomic E-state index is 13.0. The zero-order valence-electron chi connectivity index (χ0n) is 9.70. The van der Waals surface area contributed by atoms with Gasteiger partial charge in [0.1, 0.15) is 4.90 Å². The van der Waals surface area contributed by atoms with Crippen molar-refractivity contribution in [1.29, 1.82) is 0 Å². The number of hydrogen-bond acceptors (Lipinski definition) is 2. The molecule has 106 valence electrons. The van der Waals surface area contributed by atoms with Crippen molar-refractivity contribution in [3.05, 3.63) is 58.9 Å². The van der Waals surface area contributed by atoms with Gasteiger partial charge in [0.15, 0.2) is 17.5 Å². The molecule has 0 aliphatic carbocycles. The van der Waals surface area contributed by atoms with Crippen molar-refractivity contribution in [3.8, 4) is 0 Å². The van der Waals surface area contributed by atoms with Gasteiger partial charge in [-0.15, -0.1) is 0 Å². The van der Waals surface area contributed by atoms with Crippen molar-refractivity contribution in [3.63, 3.8) is 0 Å². The van der Waals surface area contributed by atoms with Crippen LogP contribution in [0.25, 0.3) is 0 Å². The third kappa shape index (κ3) is 2.88. The molecule has 0 aromatic heterocycles. The largest absolute Gasteiger partial charge is 0.279 e. The number of hydrogen-bond donors (Lipinski definition) is 1. The van der Waals surface area contributed by atoms with Crippen molar-refractivity contribution >= 4 is 27.3 Å². The van der Waals surface area contributed by atoms with E-state index in [1.807, 2.05) is 4.72 Å². The summed E-state index contributed by atoms with van der Waals surface area (Å²) < 4.78 is 64.7. The summed E-state index contributed by atoms with van der Waals surface area (Å²) in [7, 11) is -4.13. The van der Waals surface area contributed by atoms with E-state index >= 15 is 0 Å². The van der Waals surface area contributed by atoms with Gasteiger partial charge >= 0.3 is 0 Å². The van der Waals surface area contributed by atoms with E-state index in [1.165, 1.54) is 24.3 Å². The number of anilines is 1. The van der Waals surface area contributed by atoms with Crippen LogP contribution in [0.2, 0.25) is 5.02 Å². The molecule has 3 nitrogen and oxygen atoms in total. The number of halogens is 4. The Morgan fingerprint density at radius 1 is 1.00 bits per heavy atom. The molecule has 2 aromatic carbocycles. The molecule has 0 unspecified atom stereocenters. The fourth-order valence-corrected chi connectivity index (χ4v) is 3.05. The standard InChI is InChI=1S/C12H7ClF3NO2S/c13-8-3-1-2-4-11(8)20(18,19)17-7-5-9(14)12(16)10(15)6-7/h1-6,17H. The molecule has 0 amide bonds. The lowest BCUT2D eigenvalue weighted by molar-refractivity contribution is 0.448. The van der Waals surface area contributed by atoms with Crippen LogP contribution >= 0.6 is 11.6 Å². The van der Waals surface area contributed by atoms with E-state index in [-0.39, 0.29) is 9.92 Å². The molecule has 1 N–H and O–H groups in total. The normalized spacial score (nSPS) is 11.4. The van der Waals surface area contributed by atoms with E-state index in [4.69, 9.17) is 11.6 Å². The molecule has 0 aliphatic heterocycles. The van der Waals surface area contributed by atoms with Gasteiger partial charge in [-0.2, -0.15) is 0 Å². The average Bonchev–Trinajstić information content (AvgIpc) is 2.35. The molecule has 0 fully saturated rings. The summed E-state index contributed by atoms with van der Waals surface area (Å²) >= 11 is 5.74. The van der Waals surface area contributed by atoms with Gasteiger partial charge in [-0.3, -0.25) is 4.72 Å². The Labute approximate surface area is 118 Å². The highest BCUT2D eigenvalue weighted by molar-refractivity contribution is 7.92. The van der Waals surface area contributed by atoms with Crippen molar-refractivity contribution in [2.24, 2.45) is 0 Å². The second kappa shape index (κ2) is 5.34. The van der Waals surface area contributed by atoms with E-state index in [2.05, 4.69) is 0 Å². The summed E-state index contributed by atoms with van der Waals surface area (Å²) in [5.74, 6) is -4.67. The highest BCUT2D eigenvalue weighted by Gasteiger charge is 2.19. The molecule has 0 heterocycles. The van der Waals surface area contributed by atoms with Gasteiger partial charge in [0.25, 0.3) is 10.0 Å². The molecule has 0 saturated carbocycles. The predicted molar refractivity (Wildman–Crippen MR) is 68.6 cm³/mol. The Morgan fingerprint density at radius 3 is 2.10 bits per heavy atom. The molecule has 0 aliphatic rings. The number of nitrogens with one attached hydrogen (secondary N) is 1. The van der Waals surface area contributed by atoms with Crippen LogP contribution in [0.15, 0.2) is 41.3 Å². The lowest BCUT2D eigenvalue weighted by atomic mass is 10.3. The van der Waals surface area contributed by atoms with E-state index in [9.17, 15) is 21.6 Å². The Morgan fingerprint density at radius 2 is 1.55 bits per heavy atom. The lowest BCUT2D eigenvalue weighted by Crippen LogP contribution is -2.14. The fraction of sp³-hybridized carbons (Fsp3) is 0. The van der Waals surface area contributed by atoms with Crippen molar-refractivity contribution in [1.82, 2.24) is 0 Å². The maximum absolute atomic E-state index is 13.0. The maximum Gasteiger partial charge on any atom is 0.263 e. The summed E-state index contributed by atoms with van der Waals surface area (Å²) in [6.45, 7) is 0. The first kappa shape index (κ1) is 14.7. The summed E-state index contributed by atoms with van der Waals surface area (Å²) in [5, 5.41) is -0.0527. The van der Waals surface area contributed by atoms with Gasteiger partial charge in [-0.05, 0) is 12.1 Å². The highest BCUT2D eigenvalue weighted by atomic mass is 35.5. The molecule has 2 aromatic rings. The van der Waals surface area contributed by atoms with Crippen LogP contribution in [0.3, 0.4) is 0 Å². The predicted octanol–water partition coefficient (Wildman–Crippen LogP) is 3.56. The monoisotopic (exact) mass is 321 g/mol. The first-order chi connectivity index (χ1) is 9.31. The topological polar surface area (TPSA) is 46.2 Å². The molecule has 0 atom stereocenters. The quantitative estimate of drug-likeness (QED) is 0.879. The van der Waals surface area contributed by atoms with E-state index in [1.54, 1.807) is 0 Å². The van der Waals surface area contributed by atoms with Gasteiger partial charge in [0.05, 0.1) is 10.7 Å². The van der Waals surface area contributed by atoms with Crippen molar-refractivity contribution < 1.29 is 21.6 Å².